The van der Waals surface area contributed by atoms with Crippen LogP contribution >= 0.6 is 0 Å². The average Bonchev–Trinajstić information content (AvgIpc) is 3.57. The molecule has 0 amide bonds. The first-order valence-corrected chi connectivity index (χ1v) is 13.2. The summed E-state index contributed by atoms with van der Waals surface area (Å²) in [6.45, 7) is 7.67. The number of hydrogen-bond donors (Lipinski definition) is 0. The van der Waals surface area contributed by atoms with Crippen LogP contribution in [0, 0.1) is 16.7 Å². The Balaban J connectivity index is 1.37. The molecule has 0 saturated carbocycles. The van der Waals surface area contributed by atoms with E-state index in [0.717, 1.165) is 38.8 Å². The van der Waals surface area contributed by atoms with Gasteiger partial charge >= 0.3 is 0 Å². The number of allylic oxidation sites excluding steroid dienone is 3. The van der Waals surface area contributed by atoms with Crippen molar-refractivity contribution in [1.29, 1.82) is 5.26 Å². The molecule has 1 aromatic rings. The number of nitrogens with zero attached hydrogens (tertiary/aromatic N) is 6. The summed E-state index contributed by atoms with van der Waals surface area (Å²) in [5.41, 5.74) is -2.63. The molecule has 4 aliphatic rings. The monoisotopic (exact) mass is 494 g/mol. The second-order valence-electron chi connectivity index (χ2n) is 11.0. The summed E-state index contributed by atoms with van der Waals surface area (Å²) in [4.78, 5) is 25.9. The van der Waals surface area contributed by atoms with E-state index in [1.165, 1.54) is 0 Å². The van der Waals surface area contributed by atoms with Crippen molar-refractivity contribution < 1.29 is 13.7 Å². The van der Waals surface area contributed by atoms with Gasteiger partial charge in [0.05, 0.1) is 0 Å². The summed E-state index contributed by atoms with van der Waals surface area (Å²) in [6.07, 6.45) is 10.3. The van der Waals surface area contributed by atoms with Gasteiger partial charge < -0.3 is 9.42 Å². The summed E-state index contributed by atoms with van der Waals surface area (Å²) in [7, 11) is 0. The molecule has 0 N–H and O–H groups in total. The van der Waals surface area contributed by atoms with Gasteiger partial charge in [-0.3, -0.25) is 14.7 Å². The van der Waals surface area contributed by atoms with Crippen molar-refractivity contribution in [3.8, 4) is 6.07 Å². The van der Waals surface area contributed by atoms with Crippen LogP contribution in [-0.4, -0.2) is 76.5 Å². The number of nitriles is 1. The molecule has 2 saturated heterocycles. The highest BCUT2D eigenvalue weighted by molar-refractivity contribution is 5.92. The van der Waals surface area contributed by atoms with Crippen LogP contribution in [0.5, 0.6) is 0 Å². The van der Waals surface area contributed by atoms with E-state index in [1.807, 2.05) is 30.9 Å². The lowest BCUT2D eigenvalue weighted by molar-refractivity contribution is -0.117. The molecule has 0 radical (unpaired) electrons. The van der Waals surface area contributed by atoms with Gasteiger partial charge in [-0.25, -0.2) is 4.39 Å². The van der Waals surface area contributed by atoms with Gasteiger partial charge in [-0.2, -0.15) is 10.2 Å². The van der Waals surface area contributed by atoms with Crippen LogP contribution in [0.3, 0.4) is 0 Å². The lowest BCUT2D eigenvalue weighted by atomic mass is 9.64. The number of halogens is 1. The molecule has 0 aromatic carbocycles. The number of alkyl halides is 1. The predicted octanol–water partition coefficient (Wildman–Crippen LogP) is 3.94. The number of carbonyl (C=O) groups is 1. The molecule has 2 fully saturated rings. The number of likely N-dealkylation sites (tertiary alicyclic amines) is 2. The summed E-state index contributed by atoms with van der Waals surface area (Å²) in [6, 6.07) is 2.01. The van der Waals surface area contributed by atoms with Gasteiger partial charge in [0.1, 0.15) is 6.07 Å². The molecule has 1 aromatic heterocycles. The minimum absolute atomic E-state index is 0.0122. The smallest absolute Gasteiger partial charge is 0.253 e. The Kier molecular flexibility index (Phi) is 6.92. The van der Waals surface area contributed by atoms with Crippen LogP contribution in [0.15, 0.2) is 33.3 Å². The van der Waals surface area contributed by atoms with Gasteiger partial charge in [0.15, 0.2) is 17.8 Å². The van der Waals surface area contributed by atoms with E-state index >= 15 is 4.39 Å². The van der Waals surface area contributed by atoms with E-state index in [0.29, 0.717) is 43.3 Å². The van der Waals surface area contributed by atoms with Crippen molar-refractivity contribution >= 4 is 12.0 Å². The maximum Gasteiger partial charge on any atom is 0.253 e. The van der Waals surface area contributed by atoms with Crippen LogP contribution in [0.25, 0.3) is 0 Å². The maximum atomic E-state index is 17.0. The van der Waals surface area contributed by atoms with Crippen LogP contribution in [0.4, 0.5) is 4.39 Å². The number of rotatable bonds is 6. The van der Waals surface area contributed by atoms with Crippen LogP contribution in [-0.2, 0) is 4.79 Å². The third kappa shape index (κ3) is 4.57. The Morgan fingerprint density at radius 1 is 1.25 bits per heavy atom. The minimum atomic E-state index is -2.30. The van der Waals surface area contributed by atoms with Gasteiger partial charge in [0.25, 0.3) is 5.67 Å². The Morgan fingerprint density at radius 3 is 2.64 bits per heavy atom. The molecule has 5 rings (SSSR count). The molecule has 4 heterocycles. The third-order valence-corrected chi connectivity index (χ3v) is 8.20. The number of ketones is 1. The lowest BCUT2D eigenvalue weighted by Gasteiger charge is -2.47. The average molecular weight is 495 g/mol. The number of dihydropyridines is 1. The SMILES string of the molecule is CC(C)c1noc(C2CCN(C3N=CC=C(C4(CN5CCCC5)CC=CC(=O)C4)C3(F)C#N)CC2)n1. The second kappa shape index (κ2) is 9.98. The maximum absolute atomic E-state index is 17.0. The zero-order chi connectivity index (χ0) is 25.3. The number of aliphatic imine (C=N–C) groups is 1. The number of piperidine rings is 1. The quantitative estimate of drug-likeness (QED) is 0.591. The molecule has 3 aliphatic heterocycles. The van der Waals surface area contributed by atoms with E-state index in [4.69, 9.17) is 4.52 Å². The highest BCUT2D eigenvalue weighted by Gasteiger charge is 2.56. The summed E-state index contributed by atoms with van der Waals surface area (Å²) >= 11 is 0. The zero-order valence-electron chi connectivity index (χ0n) is 21.2. The van der Waals surface area contributed by atoms with Gasteiger partial charge in [-0.05, 0) is 62.9 Å². The first kappa shape index (κ1) is 25.0. The van der Waals surface area contributed by atoms with Gasteiger partial charge in [-0.15, -0.1) is 0 Å². The topological polar surface area (TPSA) is 98.6 Å². The molecule has 9 heteroatoms. The first-order chi connectivity index (χ1) is 17.3. The van der Waals surface area contributed by atoms with Crippen molar-refractivity contribution in [3.63, 3.8) is 0 Å². The molecule has 36 heavy (non-hydrogen) atoms. The van der Waals surface area contributed by atoms with Crippen LogP contribution in [0.2, 0.25) is 0 Å². The van der Waals surface area contributed by atoms with E-state index in [1.54, 1.807) is 18.4 Å². The number of aromatic nitrogens is 2. The third-order valence-electron chi connectivity index (χ3n) is 8.20. The van der Waals surface area contributed by atoms with Crippen LogP contribution < -0.4 is 0 Å². The zero-order valence-corrected chi connectivity index (χ0v) is 21.2. The van der Waals surface area contributed by atoms with Crippen molar-refractivity contribution in [3.05, 3.63) is 35.5 Å². The predicted molar refractivity (Wildman–Crippen MR) is 133 cm³/mol. The fraction of sp³-hybridized carbons (Fsp3) is 0.667. The lowest BCUT2D eigenvalue weighted by Crippen LogP contribution is -2.57. The molecule has 0 spiro atoms. The molecule has 3 atom stereocenters. The minimum Gasteiger partial charge on any atom is -0.339 e. The molecular formula is C27H35FN6O2. The Hall–Kier alpha value is -2.70. The molecule has 1 aliphatic carbocycles. The Bertz CT molecular complexity index is 1110. The van der Waals surface area contributed by atoms with Crippen molar-refractivity contribution in [1.82, 2.24) is 19.9 Å². The standard InChI is InChI=1S/C27H35FN6O2/c1-19(2)23-31-24(36-32-23)20-8-14-34(15-9-20)25-27(28,17-29)22(7-11-30-25)26(10-5-6-21(35)16-26)18-33-12-3-4-13-33/h5-7,11,19-20,25H,3-4,8-10,12-16,18H2,1-2H3. The normalized spacial score (nSPS) is 32.2. The first-order valence-electron chi connectivity index (χ1n) is 13.2. The molecular weight excluding hydrogens is 459 g/mol. The molecule has 0 bridgehead atoms. The summed E-state index contributed by atoms with van der Waals surface area (Å²) in [5.74, 6) is 1.63. The van der Waals surface area contributed by atoms with Crippen LogP contribution in [0.1, 0.15) is 75.9 Å². The largest absolute Gasteiger partial charge is 0.339 e. The summed E-state index contributed by atoms with van der Waals surface area (Å²) < 4.78 is 22.5. The van der Waals surface area contributed by atoms with Gasteiger partial charge in [0.2, 0.25) is 5.89 Å². The molecule has 3 unspecified atom stereocenters. The summed E-state index contributed by atoms with van der Waals surface area (Å²) in [5, 5.41) is 14.3. The van der Waals surface area contributed by atoms with Gasteiger partial charge in [0, 0.05) is 49.5 Å². The number of hydrogen-bond acceptors (Lipinski definition) is 8. The molecule has 192 valence electrons. The van der Waals surface area contributed by atoms with E-state index in [9.17, 15) is 10.1 Å². The highest BCUT2D eigenvalue weighted by atomic mass is 19.1. The molecule has 8 nitrogen and oxygen atoms in total. The van der Waals surface area contributed by atoms with Crippen molar-refractivity contribution in [2.75, 3.05) is 32.7 Å². The highest BCUT2D eigenvalue weighted by Crippen LogP contribution is 2.49. The van der Waals surface area contributed by atoms with Crippen molar-refractivity contribution in [2.45, 2.75) is 76.0 Å². The van der Waals surface area contributed by atoms with Gasteiger partial charge in [-0.1, -0.05) is 25.1 Å². The Labute approximate surface area is 211 Å². The van der Waals surface area contributed by atoms with E-state index in [2.05, 4.69) is 20.0 Å². The fourth-order valence-corrected chi connectivity index (χ4v) is 6.29. The number of carbonyl (C=O) groups excluding carboxylic acids is 1. The van der Waals surface area contributed by atoms with E-state index in [-0.39, 0.29) is 24.0 Å². The Morgan fingerprint density at radius 2 is 2.00 bits per heavy atom. The second-order valence-corrected chi connectivity index (χ2v) is 11.0. The fourth-order valence-electron chi connectivity index (χ4n) is 6.29. The van der Waals surface area contributed by atoms with Crippen molar-refractivity contribution in [2.24, 2.45) is 10.4 Å². The van der Waals surface area contributed by atoms with E-state index < -0.39 is 17.2 Å².